The maximum Gasteiger partial charge on any atom is 0.326 e. The van der Waals surface area contributed by atoms with Crippen molar-refractivity contribution < 1.29 is 24.6 Å². The Labute approximate surface area is 127 Å². The van der Waals surface area contributed by atoms with Crippen LogP contribution >= 0.6 is 27.3 Å². The van der Waals surface area contributed by atoms with Gasteiger partial charge < -0.3 is 15.5 Å². The van der Waals surface area contributed by atoms with Crippen molar-refractivity contribution in [3.63, 3.8) is 0 Å². The lowest BCUT2D eigenvalue weighted by atomic mass is 10.1. The molecule has 1 rings (SSSR count). The summed E-state index contributed by atoms with van der Waals surface area (Å²) in [5.41, 5.74) is 0. The highest BCUT2D eigenvalue weighted by Crippen LogP contribution is 2.22. The lowest BCUT2D eigenvalue weighted by Crippen LogP contribution is -2.40. The molecule has 108 valence electrons. The second kappa shape index (κ2) is 7.81. The van der Waals surface area contributed by atoms with Gasteiger partial charge in [-0.1, -0.05) is 0 Å². The maximum absolute atomic E-state index is 11.6. The van der Waals surface area contributed by atoms with Gasteiger partial charge in [0.15, 0.2) is 0 Å². The topological polar surface area (TPSA) is 104 Å². The molecule has 1 aromatic heterocycles. The first-order valence-corrected chi connectivity index (χ1v) is 7.18. The van der Waals surface area contributed by atoms with E-state index in [-0.39, 0.29) is 12.8 Å². The number of hydrogen-bond donors (Lipinski definition) is 3. The molecule has 1 aromatic rings. The third kappa shape index (κ3) is 5.98. The lowest BCUT2D eigenvalue weighted by molar-refractivity contribution is -0.142. The fourth-order valence-corrected chi connectivity index (χ4v) is 2.65. The predicted octanol–water partition coefficient (Wildman–Crippen LogP) is 1.96. The van der Waals surface area contributed by atoms with Gasteiger partial charge in [0.1, 0.15) is 6.04 Å². The second-order valence-corrected chi connectivity index (χ2v) is 6.30. The Balaban J connectivity index is 2.55. The molecule has 8 heteroatoms. The third-order valence-corrected chi connectivity index (χ3v) is 3.84. The Morgan fingerprint density at radius 1 is 1.35 bits per heavy atom. The molecule has 0 radical (unpaired) electrons. The summed E-state index contributed by atoms with van der Waals surface area (Å²) in [6.45, 7) is 0. The van der Waals surface area contributed by atoms with E-state index >= 15 is 0 Å². The highest BCUT2D eigenvalue weighted by Gasteiger charge is 2.19. The highest BCUT2D eigenvalue weighted by atomic mass is 79.9. The molecule has 3 N–H and O–H groups in total. The quantitative estimate of drug-likeness (QED) is 0.644. The van der Waals surface area contributed by atoms with Crippen LogP contribution in [-0.2, 0) is 14.4 Å². The number of halogens is 1. The second-order valence-electron chi connectivity index (χ2n) is 3.81. The number of hydrogen-bond acceptors (Lipinski definition) is 4. The van der Waals surface area contributed by atoms with Gasteiger partial charge in [-0.05, 0) is 40.6 Å². The standard InChI is InChI=1S/C12H12BrNO5S/c13-9-4-1-7(20-9)2-5-10(15)14-8(12(18)19)3-6-11(16)17/h1-2,4-5,8H,3,6H2,(H,14,15)(H,16,17)(H,18,19)/b5-2+/t8-/m0/s1. The van der Waals surface area contributed by atoms with Crippen molar-refractivity contribution in [3.8, 4) is 0 Å². The molecule has 0 aliphatic rings. The van der Waals surface area contributed by atoms with E-state index in [1.165, 1.54) is 17.4 Å². The molecule has 1 amide bonds. The summed E-state index contributed by atoms with van der Waals surface area (Å²) in [5, 5.41) is 19.7. The average Bonchev–Trinajstić information content (AvgIpc) is 2.77. The van der Waals surface area contributed by atoms with E-state index in [2.05, 4.69) is 21.2 Å². The molecule has 6 nitrogen and oxygen atoms in total. The van der Waals surface area contributed by atoms with Crippen LogP contribution in [-0.4, -0.2) is 34.1 Å². The summed E-state index contributed by atoms with van der Waals surface area (Å²) in [6, 6.07) is 2.42. The van der Waals surface area contributed by atoms with Crippen LogP contribution in [0.5, 0.6) is 0 Å². The fourth-order valence-electron chi connectivity index (χ4n) is 1.32. The zero-order chi connectivity index (χ0) is 15.1. The van der Waals surface area contributed by atoms with E-state index in [1.54, 1.807) is 12.1 Å². The van der Waals surface area contributed by atoms with Gasteiger partial charge in [-0.2, -0.15) is 0 Å². The van der Waals surface area contributed by atoms with Gasteiger partial charge >= 0.3 is 11.9 Å². The lowest BCUT2D eigenvalue weighted by Gasteiger charge is -2.11. The first-order chi connectivity index (χ1) is 9.38. The SMILES string of the molecule is O=C(O)CC[C@H](NC(=O)/C=C/c1ccc(Br)s1)C(=O)O. The van der Waals surface area contributed by atoms with E-state index in [4.69, 9.17) is 10.2 Å². The van der Waals surface area contributed by atoms with Crippen LogP contribution in [0.1, 0.15) is 17.7 Å². The van der Waals surface area contributed by atoms with Crippen molar-refractivity contribution in [1.29, 1.82) is 0 Å². The number of carbonyl (C=O) groups is 3. The highest BCUT2D eigenvalue weighted by molar-refractivity contribution is 9.11. The van der Waals surface area contributed by atoms with E-state index in [9.17, 15) is 14.4 Å². The molecule has 20 heavy (non-hydrogen) atoms. The normalized spacial score (nSPS) is 12.2. The van der Waals surface area contributed by atoms with Crippen LogP contribution in [0, 0.1) is 0 Å². The van der Waals surface area contributed by atoms with E-state index in [0.29, 0.717) is 0 Å². The first-order valence-electron chi connectivity index (χ1n) is 5.57. The molecule has 0 fully saturated rings. The van der Waals surface area contributed by atoms with E-state index in [1.807, 2.05) is 6.07 Å². The van der Waals surface area contributed by atoms with Crippen molar-refractivity contribution >= 4 is 51.2 Å². The van der Waals surface area contributed by atoms with Crippen LogP contribution < -0.4 is 5.32 Å². The number of rotatable bonds is 7. The molecule has 1 heterocycles. The van der Waals surface area contributed by atoms with Gasteiger partial charge in [-0.25, -0.2) is 4.79 Å². The molecular weight excluding hydrogens is 350 g/mol. The Bertz CT molecular complexity index is 540. The van der Waals surface area contributed by atoms with Crippen molar-refractivity contribution in [3.05, 3.63) is 26.9 Å². The van der Waals surface area contributed by atoms with Crippen molar-refractivity contribution in [2.75, 3.05) is 0 Å². The molecule has 0 bridgehead atoms. The largest absolute Gasteiger partial charge is 0.481 e. The molecular formula is C12H12BrNO5S. The minimum absolute atomic E-state index is 0.158. The number of nitrogens with one attached hydrogen (secondary N) is 1. The Hall–Kier alpha value is -1.67. The van der Waals surface area contributed by atoms with Gasteiger partial charge in [0, 0.05) is 17.4 Å². The van der Waals surface area contributed by atoms with Crippen molar-refractivity contribution in [1.82, 2.24) is 5.32 Å². The minimum atomic E-state index is -1.26. The number of amides is 1. The maximum atomic E-state index is 11.6. The Morgan fingerprint density at radius 3 is 2.55 bits per heavy atom. The zero-order valence-electron chi connectivity index (χ0n) is 10.2. The summed E-state index contributed by atoms with van der Waals surface area (Å²) in [5.74, 6) is -2.94. The van der Waals surface area contributed by atoms with Crippen LogP contribution in [0.3, 0.4) is 0 Å². The van der Waals surface area contributed by atoms with Gasteiger partial charge in [0.2, 0.25) is 5.91 Å². The minimum Gasteiger partial charge on any atom is -0.481 e. The number of aliphatic carboxylic acids is 2. The van der Waals surface area contributed by atoms with Crippen LogP contribution in [0.25, 0.3) is 6.08 Å². The Morgan fingerprint density at radius 2 is 2.05 bits per heavy atom. The van der Waals surface area contributed by atoms with Crippen LogP contribution in [0.4, 0.5) is 0 Å². The summed E-state index contributed by atoms with van der Waals surface area (Å²) >= 11 is 4.71. The molecule has 0 aromatic carbocycles. The number of carboxylic acids is 2. The summed E-state index contributed by atoms with van der Waals surface area (Å²) in [7, 11) is 0. The van der Waals surface area contributed by atoms with Crippen LogP contribution in [0.15, 0.2) is 22.0 Å². The smallest absolute Gasteiger partial charge is 0.326 e. The molecule has 0 aliphatic heterocycles. The molecule has 0 unspecified atom stereocenters. The van der Waals surface area contributed by atoms with Gasteiger partial charge in [0.05, 0.1) is 3.79 Å². The molecule has 0 spiro atoms. The Kier molecular flexibility index (Phi) is 6.40. The van der Waals surface area contributed by atoms with E-state index in [0.717, 1.165) is 8.66 Å². The van der Waals surface area contributed by atoms with Gasteiger partial charge in [-0.15, -0.1) is 11.3 Å². The monoisotopic (exact) mass is 361 g/mol. The van der Waals surface area contributed by atoms with Gasteiger partial charge in [0.25, 0.3) is 0 Å². The first kappa shape index (κ1) is 16.4. The summed E-state index contributed by atoms with van der Waals surface area (Å²) < 4.78 is 0.919. The van der Waals surface area contributed by atoms with Crippen molar-refractivity contribution in [2.45, 2.75) is 18.9 Å². The fraction of sp³-hybridized carbons (Fsp3) is 0.250. The third-order valence-electron chi connectivity index (χ3n) is 2.25. The predicted molar refractivity (Wildman–Crippen MR) is 77.5 cm³/mol. The molecule has 0 saturated carbocycles. The summed E-state index contributed by atoms with van der Waals surface area (Å²) in [6.07, 6.45) is 2.30. The molecule has 1 atom stereocenters. The number of thiophene rings is 1. The average molecular weight is 362 g/mol. The van der Waals surface area contributed by atoms with Gasteiger partial charge in [-0.3, -0.25) is 9.59 Å². The zero-order valence-corrected chi connectivity index (χ0v) is 12.6. The van der Waals surface area contributed by atoms with Crippen molar-refractivity contribution in [2.24, 2.45) is 0 Å². The van der Waals surface area contributed by atoms with Crippen LogP contribution in [0.2, 0.25) is 0 Å². The van der Waals surface area contributed by atoms with E-state index < -0.39 is 23.9 Å². The summed E-state index contributed by atoms with van der Waals surface area (Å²) in [4.78, 5) is 33.7. The molecule has 0 aliphatic carbocycles. The number of carboxylic acid groups (broad SMARTS) is 2. The molecule has 0 saturated heterocycles. The number of carbonyl (C=O) groups excluding carboxylic acids is 1.